The lowest BCUT2D eigenvalue weighted by Crippen LogP contribution is -2.33. The molecule has 2 amide bonds. The molecule has 2 atom stereocenters. The van der Waals surface area contributed by atoms with Crippen molar-refractivity contribution in [1.82, 2.24) is 10.6 Å². The summed E-state index contributed by atoms with van der Waals surface area (Å²) in [7, 11) is 1.60. The maximum absolute atomic E-state index is 12.5. The van der Waals surface area contributed by atoms with Gasteiger partial charge in [0.15, 0.2) is 0 Å². The van der Waals surface area contributed by atoms with Gasteiger partial charge in [0.1, 0.15) is 5.75 Å². The van der Waals surface area contributed by atoms with E-state index >= 15 is 0 Å². The molecule has 2 aromatic carbocycles. The van der Waals surface area contributed by atoms with Gasteiger partial charge in [0.25, 0.3) is 0 Å². The van der Waals surface area contributed by atoms with Crippen molar-refractivity contribution in [3.63, 3.8) is 0 Å². The van der Waals surface area contributed by atoms with Crippen molar-refractivity contribution in [3.8, 4) is 5.75 Å². The molecule has 0 heterocycles. The Morgan fingerprint density at radius 2 is 1.69 bits per heavy atom. The molecule has 0 fully saturated rings. The minimum Gasteiger partial charge on any atom is -0.497 e. The van der Waals surface area contributed by atoms with Crippen molar-refractivity contribution in [1.29, 1.82) is 0 Å². The van der Waals surface area contributed by atoms with Crippen LogP contribution in [-0.4, -0.2) is 18.9 Å². The molecule has 2 unspecified atom stereocenters. The predicted octanol–water partition coefficient (Wildman–Crippen LogP) is 3.45. The van der Waals surface area contributed by atoms with E-state index in [9.17, 15) is 9.59 Å². The molecule has 0 aromatic heterocycles. The van der Waals surface area contributed by atoms with Crippen LogP contribution in [0.4, 0.5) is 0 Å². The minimum atomic E-state index is -0.387. The molecule has 5 heteroatoms. The fourth-order valence-electron chi connectivity index (χ4n) is 2.97. The summed E-state index contributed by atoms with van der Waals surface area (Å²) in [6.45, 7) is 5.43. The molecule has 2 N–H and O–H groups in total. The highest BCUT2D eigenvalue weighted by molar-refractivity contribution is 5.79. The lowest BCUT2D eigenvalue weighted by molar-refractivity contribution is -0.123. The van der Waals surface area contributed by atoms with E-state index in [0.717, 1.165) is 22.4 Å². The number of carbonyl (C=O) groups excluding carboxylic acids is 2. The second-order valence-electron chi connectivity index (χ2n) is 6.38. The Morgan fingerprint density at radius 3 is 2.27 bits per heavy atom. The number of hydrogen-bond acceptors (Lipinski definition) is 3. The van der Waals surface area contributed by atoms with E-state index in [2.05, 4.69) is 10.6 Å². The molecule has 0 aliphatic rings. The molecule has 138 valence electrons. The fraction of sp³-hybridized carbons (Fsp3) is 0.333. The van der Waals surface area contributed by atoms with Crippen LogP contribution in [0.25, 0.3) is 0 Å². The lowest BCUT2D eigenvalue weighted by atomic mass is 10.0. The van der Waals surface area contributed by atoms with Gasteiger partial charge in [-0.3, -0.25) is 9.59 Å². The molecule has 0 saturated carbocycles. The third-order valence-electron chi connectivity index (χ3n) is 4.32. The van der Waals surface area contributed by atoms with Gasteiger partial charge in [-0.2, -0.15) is 0 Å². The highest BCUT2D eigenvalue weighted by Gasteiger charge is 2.19. The molecule has 0 radical (unpaired) electrons. The van der Waals surface area contributed by atoms with Crippen LogP contribution in [0.5, 0.6) is 5.75 Å². The number of aryl methyl sites for hydroxylation is 1. The first-order valence-electron chi connectivity index (χ1n) is 8.66. The summed E-state index contributed by atoms with van der Waals surface area (Å²) in [6, 6.07) is 14.8. The molecule has 0 bridgehead atoms. The first-order valence-corrected chi connectivity index (χ1v) is 8.66. The summed E-state index contributed by atoms with van der Waals surface area (Å²) in [4.78, 5) is 24.1. The molecule has 5 nitrogen and oxygen atoms in total. The number of ether oxygens (including phenoxy) is 1. The topological polar surface area (TPSA) is 67.4 Å². The number of hydrogen-bond donors (Lipinski definition) is 2. The Bertz CT molecular complexity index is 756. The summed E-state index contributed by atoms with van der Waals surface area (Å²) in [5.74, 6) is 0.439. The molecule has 0 spiro atoms. The maximum atomic E-state index is 12.5. The molecule has 0 aliphatic carbocycles. The van der Waals surface area contributed by atoms with Crippen molar-refractivity contribution in [2.45, 2.75) is 39.3 Å². The Kier molecular flexibility index (Phi) is 6.78. The van der Waals surface area contributed by atoms with Crippen LogP contribution in [0.1, 0.15) is 49.0 Å². The SMILES string of the molecule is COc1ccc(C(CC(=O)NC(C)c2ccccc2C)NC(C)=O)cc1. The second kappa shape index (κ2) is 9.04. The monoisotopic (exact) mass is 354 g/mol. The smallest absolute Gasteiger partial charge is 0.222 e. The minimum absolute atomic E-state index is 0.0995. The lowest BCUT2D eigenvalue weighted by Gasteiger charge is -2.21. The summed E-state index contributed by atoms with van der Waals surface area (Å²) in [6.07, 6.45) is 0.169. The van der Waals surface area contributed by atoms with Crippen LogP contribution in [0.15, 0.2) is 48.5 Å². The van der Waals surface area contributed by atoms with Gasteiger partial charge in [0.05, 0.1) is 25.6 Å². The van der Waals surface area contributed by atoms with Gasteiger partial charge in [0.2, 0.25) is 11.8 Å². The standard InChI is InChI=1S/C21H26N2O3/c1-14-7-5-6-8-19(14)15(2)22-21(25)13-20(23-16(3)24)17-9-11-18(26-4)12-10-17/h5-12,15,20H,13H2,1-4H3,(H,22,25)(H,23,24). The highest BCUT2D eigenvalue weighted by atomic mass is 16.5. The van der Waals surface area contributed by atoms with Gasteiger partial charge in [-0.15, -0.1) is 0 Å². The molecular weight excluding hydrogens is 328 g/mol. The summed E-state index contributed by atoms with van der Waals surface area (Å²) < 4.78 is 5.16. The van der Waals surface area contributed by atoms with Gasteiger partial charge in [-0.25, -0.2) is 0 Å². The average Bonchev–Trinajstić information content (AvgIpc) is 2.61. The number of benzene rings is 2. The van der Waals surface area contributed by atoms with Crippen LogP contribution in [0.2, 0.25) is 0 Å². The van der Waals surface area contributed by atoms with Crippen LogP contribution < -0.4 is 15.4 Å². The number of carbonyl (C=O) groups is 2. The van der Waals surface area contributed by atoms with Crippen LogP contribution in [0.3, 0.4) is 0 Å². The Labute approximate surface area is 154 Å². The van der Waals surface area contributed by atoms with E-state index in [1.807, 2.05) is 62.4 Å². The van der Waals surface area contributed by atoms with Gasteiger partial charge in [0, 0.05) is 6.92 Å². The highest BCUT2D eigenvalue weighted by Crippen LogP contribution is 2.22. The van der Waals surface area contributed by atoms with E-state index in [-0.39, 0.29) is 30.3 Å². The Balaban J connectivity index is 2.08. The number of amides is 2. The second-order valence-corrected chi connectivity index (χ2v) is 6.38. The van der Waals surface area contributed by atoms with Crippen molar-refractivity contribution in [2.24, 2.45) is 0 Å². The van der Waals surface area contributed by atoms with Crippen LogP contribution >= 0.6 is 0 Å². The Morgan fingerprint density at radius 1 is 1.04 bits per heavy atom. The largest absolute Gasteiger partial charge is 0.497 e. The quantitative estimate of drug-likeness (QED) is 0.800. The number of methoxy groups -OCH3 is 1. The summed E-state index contributed by atoms with van der Waals surface area (Å²) >= 11 is 0. The average molecular weight is 354 g/mol. The summed E-state index contributed by atoms with van der Waals surface area (Å²) in [5.41, 5.74) is 3.08. The molecule has 0 saturated heterocycles. The summed E-state index contributed by atoms with van der Waals surface area (Å²) in [5, 5.41) is 5.87. The number of nitrogens with one attached hydrogen (secondary N) is 2. The first-order chi connectivity index (χ1) is 12.4. The first kappa shape index (κ1) is 19.5. The zero-order valence-corrected chi connectivity index (χ0v) is 15.7. The molecule has 2 aromatic rings. The molecular formula is C21H26N2O3. The van der Waals surface area contributed by atoms with Crippen molar-refractivity contribution in [3.05, 3.63) is 65.2 Å². The van der Waals surface area contributed by atoms with Gasteiger partial charge >= 0.3 is 0 Å². The third-order valence-corrected chi connectivity index (χ3v) is 4.32. The fourth-order valence-corrected chi connectivity index (χ4v) is 2.97. The maximum Gasteiger partial charge on any atom is 0.222 e. The van der Waals surface area contributed by atoms with Crippen LogP contribution in [0, 0.1) is 6.92 Å². The molecule has 0 aliphatic heterocycles. The molecule has 2 rings (SSSR count). The van der Waals surface area contributed by atoms with E-state index in [0.29, 0.717) is 0 Å². The van der Waals surface area contributed by atoms with Gasteiger partial charge in [-0.1, -0.05) is 36.4 Å². The number of rotatable bonds is 7. The normalized spacial score (nSPS) is 12.8. The zero-order chi connectivity index (χ0) is 19.1. The van der Waals surface area contributed by atoms with E-state index in [1.54, 1.807) is 7.11 Å². The van der Waals surface area contributed by atoms with Crippen molar-refractivity contribution >= 4 is 11.8 Å². The van der Waals surface area contributed by atoms with E-state index < -0.39 is 0 Å². The third kappa shape index (κ3) is 5.34. The van der Waals surface area contributed by atoms with Crippen LogP contribution in [-0.2, 0) is 9.59 Å². The zero-order valence-electron chi connectivity index (χ0n) is 15.7. The van der Waals surface area contributed by atoms with E-state index in [1.165, 1.54) is 6.92 Å². The molecule has 26 heavy (non-hydrogen) atoms. The van der Waals surface area contributed by atoms with Crippen molar-refractivity contribution < 1.29 is 14.3 Å². The van der Waals surface area contributed by atoms with E-state index in [4.69, 9.17) is 4.74 Å². The predicted molar refractivity (Wildman–Crippen MR) is 102 cm³/mol. The Hall–Kier alpha value is -2.82. The van der Waals surface area contributed by atoms with Gasteiger partial charge in [-0.05, 0) is 42.7 Å². The van der Waals surface area contributed by atoms with Gasteiger partial charge < -0.3 is 15.4 Å². The van der Waals surface area contributed by atoms with Crippen molar-refractivity contribution in [2.75, 3.05) is 7.11 Å².